The number of hydrogen-bond acceptors (Lipinski definition) is 3. The maximum absolute atomic E-state index is 5.82. The molecule has 0 unspecified atom stereocenters. The summed E-state index contributed by atoms with van der Waals surface area (Å²) >= 11 is 0. The fourth-order valence-electron chi connectivity index (χ4n) is 1.44. The van der Waals surface area contributed by atoms with Crippen molar-refractivity contribution < 1.29 is 13.6 Å². The molecule has 0 radical (unpaired) electrons. The van der Waals surface area contributed by atoms with Crippen molar-refractivity contribution in [3.05, 3.63) is 60.7 Å². The van der Waals surface area contributed by atoms with Crippen molar-refractivity contribution in [3.63, 3.8) is 0 Å². The minimum atomic E-state index is -2.39. The molecule has 0 aliphatic heterocycles. The quantitative estimate of drug-likeness (QED) is 0.757. The van der Waals surface area contributed by atoms with Gasteiger partial charge in [-0.25, -0.2) is 0 Å². The molecule has 0 aliphatic carbocycles. The highest BCUT2D eigenvalue weighted by Crippen LogP contribution is 2.56. The predicted molar refractivity (Wildman–Crippen MR) is 74.0 cm³/mol. The Hall–Kier alpha value is -1.57. The normalized spacial score (nSPS) is 11.0. The van der Waals surface area contributed by atoms with Crippen LogP contribution in [0.2, 0.25) is 0 Å². The lowest BCUT2D eigenvalue weighted by Gasteiger charge is -2.17. The average Bonchev–Trinajstić information content (AvgIpc) is 2.41. The molecule has 2 rings (SSSR count). The van der Waals surface area contributed by atoms with E-state index in [1.165, 1.54) is 0 Å². The first kappa shape index (κ1) is 12.9. The molecule has 4 heteroatoms. The maximum Gasteiger partial charge on any atom is 0.494 e. The number of para-hydroxylation sites is 2. The Morgan fingerprint density at radius 1 is 0.722 bits per heavy atom. The van der Waals surface area contributed by atoms with Gasteiger partial charge < -0.3 is 0 Å². The Morgan fingerprint density at radius 2 is 1.11 bits per heavy atom. The van der Waals surface area contributed by atoms with Crippen LogP contribution >= 0.6 is 7.94 Å². The van der Waals surface area contributed by atoms with E-state index in [1.54, 1.807) is 7.11 Å². The zero-order chi connectivity index (χ0) is 12.8. The Morgan fingerprint density at radius 3 is 1.44 bits per heavy atom. The third-order valence-corrected chi connectivity index (χ3v) is 4.11. The minimum Gasteiger partial charge on any atom is -0.278 e. The number of hydrogen-bond donors (Lipinski definition) is 0. The van der Waals surface area contributed by atoms with E-state index in [0.717, 1.165) is 11.5 Å². The Kier molecular flexibility index (Phi) is 4.19. The lowest BCUT2D eigenvalue weighted by atomic mass is 10.3. The maximum atomic E-state index is 5.82. The van der Waals surface area contributed by atoms with Crippen LogP contribution in [0.15, 0.2) is 60.7 Å². The predicted octanol–water partition coefficient (Wildman–Crippen LogP) is 4.18. The number of rotatable bonds is 5. The van der Waals surface area contributed by atoms with Crippen LogP contribution < -0.4 is 9.05 Å². The van der Waals surface area contributed by atoms with Gasteiger partial charge in [0.1, 0.15) is 6.66 Å². The Balaban J connectivity index is 2.11. The summed E-state index contributed by atoms with van der Waals surface area (Å²) in [4.78, 5) is 0. The van der Waals surface area contributed by atoms with Crippen molar-refractivity contribution in [1.29, 1.82) is 0 Å². The van der Waals surface area contributed by atoms with Crippen molar-refractivity contribution in [2.24, 2.45) is 0 Å². The highest BCUT2D eigenvalue weighted by Gasteiger charge is 2.40. The molecule has 94 valence electrons. The Bertz CT molecular complexity index is 431. The topological polar surface area (TPSA) is 27.7 Å². The first-order chi connectivity index (χ1) is 8.72. The van der Waals surface area contributed by atoms with Gasteiger partial charge in [0.25, 0.3) is 0 Å². The second-order valence-electron chi connectivity index (χ2n) is 3.76. The molecule has 0 saturated heterocycles. The summed E-state index contributed by atoms with van der Waals surface area (Å²) in [7, 11) is -0.797. The molecule has 0 N–H and O–H groups in total. The summed E-state index contributed by atoms with van der Waals surface area (Å²) in [6.45, 7) is 1.84. The zero-order valence-electron chi connectivity index (χ0n) is 10.4. The van der Waals surface area contributed by atoms with Gasteiger partial charge in [0.05, 0.1) is 7.11 Å². The van der Waals surface area contributed by atoms with E-state index in [1.807, 2.05) is 67.3 Å². The number of benzene rings is 2. The van der Waals surface area contributed by atoms with Crippen LogP contribution in [-0.4, -0.2) is 13.8 Å². The van der Waals surface area contributed by atoms with Crippen LogP contribution in [0.4, 0.5) is 0 Å². The molecule has 0 aromatic heterocycles. The molecule has 0 heterocycles. The molecule has 0 saturated carbocycles. The van der Waals surface area contributed by atoms with Crippen molar-refractivity contribution in [2.45, 2.75) is 0 Å². The highest BCUT2D eigenvalue weighted by molar-refractivity contribution is 7.61. The van der Waals surface area contributed by atoms with Crippen molar-refractivity contribution in [3.8, 4) is 11.5 Å². The van der Waals surface area contributed by atoms with Crippen LogP contribution in [0.25, 0.3) is 0 Å². The van der Waals surface area contributed by atoms with E-state index in [2.05, 4.69) is 0 Å². The lowest BCUT2D eigenvalue weighted by Crippen LogP contribution is -2.09. The van der Waals surface area contributed by atoms with Crippen LogP contribution in [0.3, 0.4) is 0 Å². The van der Waals surface area contributed by atoms with Gasteiger partial charge in [-0.1, -0.05) is 36.4 Å². The second kappa shape index (κ2) is 5.85. The molecule has 0 bridgehead atoms. The SMILES string of the molecule is CO[P+](C)(Oc1ccccc1)Oc1ccccc1. The molecule has 0 atom stereocenters. The third-order valence-electron chi connectivity index (χ3n) is 2.36. The van der Waals surface area contributed by atoms with Gasteiger partial charge in [-0.05, 0) is 24.3 Å². The summed E-state index contributed by atoms with van der Waals surface area (Å²) in [5.74, 6) is 1.48. The monoisotopic (exact) mass is 263 g/mol. The van der Waals surface area contributed by atoms with E-state index in [0.29, 0.717) is 0 Å². The first-order valence-corrected chi connectivity index (χ1v) is 7.62. The third kappa shape index (κ3) is 3.46. The van der Waals surface area contributed by atoms with E-state index in [-0.39, 0.29) is 0 Å². The summed E-state index contributed by atoms with van der Waals surface area (Å²) in [6, 6.07) is 19.1. The molecule has 0 fully saturated rings. The molecule has 18 heavy (non-hydrogen) atoms. The fourth-order valence-corrected chi connectivity index (χ4v) is 2.63. The van der Waals surface area contributed by atoms with Crippen LogP contribution in [-0.2, 0) is 4.52 Å². The summed E-state index contributed by atoms with van der Waals surface area (Å²) in [5, 5.41) is 0. The highest BCUT2D eigenvalue weighted by atomic mass is 31.2. The lowest BCUT2D eigenvalue weighted by molar-refractivity contribution is 0.300. The molecule has 2 aromatic rings. The largest absolute Gasteiger partial charge is 0.494 e. The van der Waals surface area contributed by atoms with Crippen LogP contribution in [0, 0.1) is 0 Å². The molecule has 0 amide bonds. The van der Waals surface area contributed by atoms with E-state index >= 15 is 0 Å². The van der Waals surface area contributed by atoms with Gasteiger partial charge in [-0.2, -0.15) is 4.52 Å². The zero-order valence-corrected chi connectivity index (χ0v) is 11.3. The molecular formula is C14H16O3P+. The van der Waals surface area contributed by atoms with Gasteiger partial charge in [0.2, 0.25) is 0 Å². The van der Waals surface area contributed by atoms with Crippen molar-refractivity contribution >= 4 is 7.94 Å². The van der Waals surface area contributed by atoms with Gasteiger partial charge in [-0.3, -0.25) is 9.05 Å². The van der Waals surface area contributed by atoms with Gasteiger partial charge in [-0.15, -0.1) is 0 Å². The van der Waals surface area contributed by atoms with Gasteiger partial charge >= 0.3 is 7.94 Å². The minimum absolute atomic E-state index is 0.742. The van der Waals surface area contributed by atoms with Gasteiger partial charge in [0.15, 0.2) is 11.5 Å². The van der Waals surface area contributed by atoms with E-state index in [9.17, 15) is 0 Å². The molecule has 0 aliphatic rings. The average molecular weight is 263 g/mol. The van der Waals surface area contributed by atoms with Crippen LogP contribution in [0.1, 0.15) is 0 Å². The van der Waals surface area contributed by atoms with Crippen molar-refractivity contribution in [2.75, 3.05) is 13.8 Å². The standard InChI is InChI=1S/C14H16O3P/c1-15-18(2,16-13-9-5-3-6-10-13)17-14-11-7-4-8-12-14/h3-12H,1-2H3/q+1. The first-order valence-electron chi connectivity index (χ1n) is 5.63. The molecular weight excluding hydrogens is 247 g/mol. The molecule has 3 nitrogen and oxygen atoms in total. The summed E-state index contributed by atoms with van der Waals surface area (Å²) < 4.78 is 17.1. The second-order valence-corrected chi connectivity index (χ2v) is 6.04. The fraction of sp³-hybridized carbons (Fsp3) is 0.143. The smallest absolute Gasteiger partial charge is 0.278 e. The van der Waals surface area contributed by atoms with Crippen LogP contribution in [0.5, 0.6) is 11.5 Å². The van der Waals surface area contributed by atoms with E-state index < -0.39 is 7.94 Å². The Labute approximate surface area is 108 Å². The summed E-state index contributed by atoms with van der Waals surface area (Å²) in [6.07, 6.45) is 0. The molecule has 2 aromatic carbocycles. The summed E-state index contributed by atoms with van der Waals surface area (Å²) in [5.41, 5.74) is 0. The van der Waals surface area contributed by atoms with Gasteiger partial charge in [0, 0.05) is 0 Å². The van der Waals surface area contributed by atoms with E-state index in [4.69, 9.17) is 13.6 Å². The van der Waals surface area contributed by atoms with Crippen molar-refractivity contribution in [1.82, 2.24) is 0 Å². The molecule has 0 spiro atoms.